The first kappa shape index (κ1) is 32.6. The molecule has 1 amide bonds. The van der Waals surface area contributed by atoms with Gasteiger partial charge in [-0.25, -0.2) is 0 Å². The van der Waals surface area contributed by atoms with E-state index in [1.165, 1.54) is 0 Å². The second-order valence-electron chi connectivity index (χ2n) is 9.31. The molecule has 0 aromatic heterocycles. The molecule has 1 saturated heterocycles. The van der Waals surface area contributed by atoms with Crippen molar-refractivity contribution in [1.29, 1.82) is 0 Å². The average Bonchev–Trinajstić information content (AvgIpc) is 2.84. The van der Waals surface area contributed by atoms with E-state index in [1.54, 1.807) is 18.9 Å². The van der Waals surface area contributed by atoms with E-state index in [1.807, 2.05) is 0 Å². The maximum atomic E-state index is 12.2. The molecule has 0 spiro atoms. The van der Waals surface area contributed by atoms with Gasteiger partial charge < -0.3 is 29.0 Å². The molecule has 1 N–H and O–H groups in total. The molecule has 1 fully saturated rings. The summed E-state index contributed by atoms with van der Waals surface area (Å²) in [5.41, 5.74) is 0. The number of hydrogen-bond acceptors (Lipinski definition) is 9. The quantitative estimate of drug-likeness (QED) is 0.202. The predicted octanol–water partition coefficient (Wildman–Crippen LogP) is 1.99. The minimum Gasteiger partial charge on any atom is -0.383 e. The molecule has 0 aromatic carbocycles. The van der Waals surface area contributed by atoms with Crippen molar-refractivity contribution < 1.29 is 29.9 Å². The van der Waals surface area contributed by atoms with Crippen molar-refractivity contribution >= 4 is 17.7 Å². The van der Waals surface area contributed by atoms with E-state index in [2.05, 4.69) is 35.9 Å². The zero-order chi connectivity index (χ0) is 25.6. The largest absolute Gasteiger partial charge is 0.383 e. The first-order valence-corrected chi connectivity index (χ1v) is 14.1. The van der Waals surface area contributed by atoms with Crippen LogP contribution in [0.3, 0.4) is 0 Å². The lowest BCUT2D eigenvalue weighted by Crippen LogP contribution is -2.50. The highest BCUT2D eigenvalue weighted by Crippen LogP contribution is 2.25. The fourth-order valence-electron chi connectivity index (χ4n) is 3.56. The third-order valence-corrected chi connectivity index (χ3v) is 6.92. The number of thioether (sulfide) groups is 1. The lowest BCUT2D eigenvalue weighted by molar-refractivity contribution is -0.118. The van der Waals surface area contributed by atoms with Crippen LogP contribution in [0.1, 0.15) is 35.0 Å². The Labute approximate surface area is 219 Å². The lowest BCUT2D eigenvalue weighted by Gasteiger charge is -2.38. The highest BCUT2D eigenvalue weighted by atomic mass is 32.2. The number of unbranched alkanes of at least 4 members (excludes halogenated alkanes) is 1. The van der Waals surface area contributed by atoms with Crippen LogP contribution in [-0.4, -0.2) is 139 Å². The molecule has 0 aliphatic carbocycles. The summed E-state index contributed by atoms with van der Waals surface area (Å²) in [5.74, 6) is 0.524. The number of rotatable bonds is 23. The molecule has 10 heteroatoms. The third-order valence-electron chi connectivity index (χ3n) is 5.60. The number of carbonyl (C=O) groups excluding carboxylic acids is 1. The van der Waals surface area contributed by atoms with Gasteiger partial charge in [-0.1, -0.05) is 13.3 Å². The minimum absolute atomic E-state index is 0. The molecular weight excluding hydrogens is 470 g/mol. The molecular formula is C25H53N3O6S. The van der Waals surface area contributed by atoms with Gasteiger partial charge in [-0.15, -0.1) is 11.8 Å². The fourth-order valence-corrected chi connectivity index (χ4v) is 4.46. The summed E-state index contributed by atoms with van der Waals surface area (Å²) in [6.07, 6.45) is 2.24. The Balaban J connectivity index is 0.0000122. The lowest BCUT2D eigenvalue weighted by atomic mass is 10.1. The summed E-state index contributed by atoms with van der Waals surface area (Å²) in [4.78, 5) is 17.1. The van der Waals surface area contributed by atoms with Crippen molar-refractivity contribution in [2.24, 2.45) is 0 Å². The highest BCUT2D eigenvalue weighted by molar-refractivity contribution is 8.01. The van der Waals surface area contributed by atoms with Gasteiger partial charge in [-0.2, -0.15) is 0 Å². The molecule has 1 rings (SSSR count). The summed E-state index contributed by atoms with van der Waals surface area (Å²) < 4.78 is 27.1. The first-order chi connectivity index (χ1) is 17.0. The Morgan fingerprint density at radius 1 is 0.857 bits per heavy atom. The third kappa shape index (κ3) is 19.3. The molecule has 1 aliphatic heterocycles. The molecule has 0 bridgehead atoms. The van der Waals surface area contributed by atoms with Crippen molar-refractivity contribution in [3.63, 3.8) is 0 Å². The van der Waals surface area contributed by atoms with Gasteiger partial charge in [0.1, 0.15) is 0 Å². The van der Waals surface area contributed by atoms with E-state index < -0.39 is 0 Å². The Bertz CT molecular complexity index is 514. The van der Waals surface area contributed by atoms with Gasteiger partial charge in [0.05, 0.1) is 58.6 Å². The van der Waals surface area contributed by atoms with E-state index in [4.69, 9.17) is 23.7 Å². The number of methoxy groups -OCH3 is 1. The molecule has 0 aromatic rings. The van der Waals surface area contributed by atoms with Crippen molar-refractivity contribution in [2.45, 2.75) is 38.4 Å². The van der Waals surface area contributed by atoms with Gasteiger partial charge in [0.25, 0.3) is 0 Å². The number of nitrogens with zero attached hydrogens (tertiary/aromatic N) is 2. The zero-order valence-corrected chi connectivity index (χ0v) is 23.5. The Morgan fingerprint density at radius 3 is 1.97 bits per heavy atom. The van der Waals surface area contributed by atoms with Crippen molar-refractivity contribution in [3.8, 4) is 0 Å². The molecule has 0 radical (unpaired) electrons. The Kier molecular flexibility index (Phi) is 20.1. The number of ether oxygens (including phenoxy) is 5. The van der Waals surface area contributed by atoms with Crippen LogP contribution in [0.5, 0.6) is 0 Å². The van der Waals surface area contributed by atoms with E-state index >= 15 is 0 Å². The standard InChI is InChI=1S/C25H51N3O6S.H2/c1-5-6-13-31-16-18-33-20-21-34-19-17-32-14-7-26-24(29)22-35-25(2,3)23-28-10-8-27(9-11-28)12-15-30-4;/h5-23H2,1-4H3,(H,26,29);1H. The average molecular weight is 524 g/mol. The van der Waals surface area contributed by atoms with E-state index in [0.717, 1.165) is 65.3 Å². The Morgan fingerprint density at radius 2 is 1.40 bits per heavy atom. The van der Waals surface area contributed by atoms with Gasteiger partial charge >= 0.3 is 0 Å². The second kappa shape index (κ2) is 21.6. The molecule has 0 unspecified atom stereocenters. The first-order valence-electron chi connectivity index (χ1n) is 13.1. The smallest absolute Gasteiger partial charge is 0.230 e. The second-order valence-corrected chi connectivity index (χ2v) is 11.0. The van der Waals surface area contributed by atoms with Gasteiger partial charge in [0, 0.05) is 65.7 Å². The number of carbonyl (C=O) groups is 1. The summed E-state index contributed by atoms with van der Waals surface area (Å²) in [6.45, 7) is 18.9. The normalized spacial score (nSPS) is 15.5. The van der Waals surface area contributed by atoms with Crippen LogP contribution >= 0.6 is 11.8 Å². The van der Waals surface area contributed by atoms with Crippen LogP contribution in [0.4, 0.5) is 0 Å². The van der Waals surface area contributed by atoms with Crippen molar-refractivity contribution in [2.75, 3.05) is 118 Å². The fraction of sp³-hybridized carbons (Fsp3) is 0.960. The van der Waals surface area contributed by atoms with Gasteiger partial charge in [0.15, 0.2) is 0 Å². The molecule has 1 heterocycles. The van der Waals surface area contributed by atoms with E-state index in [9.17, 15) is 4.79 Å². The molecule has 210 valence electrons. The highest BCUT2D eigenvalue weighted by Gasteiger charge is 2.26. The van der Waals surface area contributed by atoms with E-state index in [0.29, 0.717) is 58.5 Å². The van der Waals surface area contributed by atoms with Crippen LogP contribution in [0.15, 0.2) is 0 Å². The van der Waals surface area contributed by atoms with Crippen LogP contribution < -0.4 is 5.32 Å². The monoisotopic (exact) mass is 523 g/mol. The number of nitrogens with one attached hydrogen (secondary N) is 1. The number of amides is 1. The predicted molar refractivity (Wildman–Crippen MR) is 145 cm³/mol. The number of piperazine rings is 1. The van der Waals surface area contributed by atoms with Gasteiger partial charge in [-0.3, -0.25) is 14.6 Å². The van der Waals surface area contributed by atoms with Crippen LogP contribution in [0.2, 0.25) is 0 Å². The summed E-state index contributed by atoms with van der Waals surface area (Å²) >= 11 is 1.71. The Hall–Kier alpha value is -0.460. The van der Waals surface area contributed by atoms with Crippen LogP contribution in [-0.2, 0) is 28.5 Å². The van der Waals surface area contributed by atoms with E-state index in [-0.39, 0.29) is 12.1 Å². The molecule has 35 heavy (non-hydrogen) atoms. The SMILES string of the molecule is CCCCOCCOCCOCCOCCNC(=O)CSC(C)(C)CN1CCN(CCOC)CC1.[HH]. The molecule has 0 atom stereocenters. The van der Waals surface area contributed by atoms with Crippen LogP contribution in [0.25, 0.3) is 0 Å². The summed E-state index contributed by atoms with van der Waals surface area (Å²) in [5, 5.41) is 2.94. The summed E-state index contributed by atoms with van der Waals surface area (Å²) in [7, 11) is 1.75. The topological polar surface area (TPSA) is 81.7 Å². The van der Waals surface area contributed by atoms with Gasteiger partial charge in [0.2, 0.25) is 5.91 Å². The molecule has 9 nitrogen and oxygen atoms in total. The van der Waals surface area contributed by atoms with Crippen molar-refractivity contribution in [3.05, 3.63) is 0 Å². The molecule has 0 saturated carbocycles. The van der Waals surface area contributed by atoms with Gasteiger partial charge in [-0.05, 0) is 20.3 Å². The zero-order valence-electron chi connectivity index (χ0n) is 22.7. The van der Waals surface area contributed by atoms with Crippen molar-refractivity contribution in [1.82, 2.24) is 15.1 Å². The number of hydrogen-bond donors (Lipinski definition) is 1. The molecule has 1 aliphatic rings. The maximum absolute atomic E-state index is 12.2. The summed E-state index contributed by atoms with van der Waals surface area (Å²) in [6, 6.07) is 0. The minimum atomic E-state index is 0. The maximum Gasteiger partial charge on any atom is 0.230 e. The van der Waals surface area contributed by atoms with Crippen LogP contribution in [0, 0.1) is 0 Å².